The summed E-state index contributed by atoms with van der Waals surface area (Å²) in [6.45, 7) is 2.47. The van der Waals surface area contributed by atoms with Gasteiger partial charge in [-0.25, -0.2) is 0 Å². The minimum absolute atomic E-state index is 0.00493. The fourth-order valence-corrected chi connectivity index (χ4v) is 2.10. The van der Waals surface area contributed by atoms with Crippen LogP contribution < -0.4 is 4.74 Å². The number of hydrogen-bond acceptors (Lipinski definition) is 4. The number of hydrogen-bond donors (Lipinski definition) is 0. The third kappa shape index (κ3) is 4.31. The molecule has 4 nitrogen and oxygen atoms in total. The Morgan fingerprint density at radius 2 is 1.59 bits per heavy atom. The van der Waals surface area contributed by atoms with Crippen LogP contribution in [0.5, 0.6) is 5.75 Å². The van der Waals surface area contributed by atoms with Crippen molar-refractivity contribution < 1.29 is 18.9 Å². The average molecular weight is 300 g/mol. The van der Waals surface area contributed by atoms with Gasteiger partial charge in [0, 0.05) is 7.11 Å². The number of rotatable bonds is 8. The molecule has 2 aromatic carbocycles. The summed E-state index contributed by atoms with van der Waals surface area (Å²) < 4.78 is 21.1. The molecule has 0 N–H and O–H groups in total. The monoisotopic (exact) mass is 300 g/mol. The molecule has 22 heavy (non-hydrogen) atoms. The molecule has 0 aliphatic carbocycles. The van der Waals surface area contributed by atoms with Gasteiger partial charge in [-0.05, 0) is 28.8 Å². The van der Waals surface area contributed by atoms with Gasteiger partial charge in [-0.3, -0.25) is 0 Å². The van der Waals surface area contributed by atoms with Crippen LogP contribution in [0.1, 0.15) is 5.56 Å². The van der Waals surface area contributed by atoms with Crippen molar-refractivity contribution in [3.8, 4) is 16.9 Å². The molecule has 0 radical (unpaired) electrons. The molecule has 1 aliphatic heterocycles. The normalized spacial score (nSPS) is 16.5. The third-order valence-electron chi connectivity index (χ3n) is 3.44. The molecule has 1 fully saturated rings. The van der Waals surface area contributed by atoms with E-state index in [1.807, 2.05) is 12.1 Å². The van der Waals surface area contributed by atoms with E-state index in [1.54, 1.807) is 7.11 Å². The van der Waals surface area contributed by atoms with Crippen molar-refractivity contribution in [2.75, 3.05) is 26.9 Å². The molecule has 0 amide bonds. The second-order valence-electron chi connectivity index (χ2n) is 5.14. The van der Waals surface area contributed by atoms with Crippen molar-refractivity contribution in [1.82, 2.24) is 0 Å². The SMILES string of the molecule is COCCOc1ccc(-c2ccc(COC3CO3)cc2)cc1. The maximum Gasteiger partial charge on any atom is 0.181 e. The van der Waals surface area contributed by atoms with Gasteiger partial charge in [-0.15, -0.1) is 0 Å². The smallest absolute Gasteiger partial charge is 0.181 e. The summed E-state index contributed by atoms with van der Waals surface area (Å²) in [4.78, 5) is 0. The lowest BCUT2D eigenvalue weighted by molar-refractivity contribution is 0.0386. The van der Waals surface area contributed by atoms with E-state index in [0.717, 1.165) is 23.5 Å². The van der Waals surface area contributed by atoms with Crippen molar-refractivity contribution in [3.05, 3.63) is 54.1 Å². The molecule has 1 heterocycles. The maximum absolute atomic E-state index is 5.56. The van der Waals surface area contributed by atoms with E-state index in [9.17, 15) is 0 Å². The summed E-state index contributed by atoms with van der Waals surface area (Å²) in [7, 11) is 1.67. The van der Waals surface area contributed by atoms with Crippen molar-refractivity contribution in [2.45, 2.75) is 12.9 Å². The van der Waals surface area contributed by atoms with Crippen molar-refractivity contribution in [3.63, 3.8) is 0 Å². The zero-order chi connectivity index (χ0) is 15.2. The average Bonchev–Trinajstić information content (AvgIpc) is 3.39. The fourth-order valence-electron chi connectivity index (χ4n) is 2.10. The number of benzene rings is 2. The highest BCUT2D eigenvalue weighted by Crippen LogP contribution is 2.23. The second-order valence-corrected chi connectivity index (χ2v) is 5.14. The van der Waals surface area contributed by atoms with Crippen LogP contribution in [0.3, 0.4) is 0 Å². The largest absolute Gasteiger partial charge is 0.491 e. The van der Waals surface area contributed by atoms with Gasteiger partial charge in [-0.2, -0.15) is 0 Å². The summed E-state index contributed by atoms with van der Waals surface area (Å²) in [5.41, 5.74) is 3.49. The van der Waals surface area contributed by atoms with E-state index in [-0.39, 0.29) is 6.29 Å². The van der Waals surface area contributed by atoms with Gasteiger partial charge < -0.3 is 18.9 Å². The summed E-state index contributed by atoms with van der Waals surface area (Å²) in [6.07, 6.45) is 0.00493. The Morgan fingerprint density at radius 1 is 0.955 bits per heavy atom. The van der Waals surface area contributed by atoms with Crippen LogP contribution in [0.25, 0.3) is 11.1 Å². The van der Waals surface area contributed by atoms with Gasteiger partial charge in [-0.1, -0.05) is 36.4 Å². The molecule has 3 rings (SSSR count). The zero-order valence-electron chi connectivity index (χ0n) is 12.7. The highest BCUT2D eigenvalue weighted by atomic mass is 16.8. The first-order valence-electron chi connectivity index (χ1n) is 7.39. The Hall–Kier alpha value is -1.88. The van der Waals surface area contributed by atoms with Crippen molar-refractivity contribution in [1.29, 1.82) is 0 Å². The number of epoxide rings is 1. The van der Waals surface area contributed by atoms with Crippen LogP contribution in [-0.4, -0.2) is 33.2 Å². The molecule has 1 unspecified atom stereocenters. The molecule has 4 heteroatoms. The van der Waals surface area contributed by atoms with Crippen molar-refractivity contribution in [2.24, 2.45) is 0 Å². The predicted molar refractivity (Wildman–Crippen MR) is 83.8 cm³/mol. The Kier molecular flexibility index (Phi) is 5.06. The maximum atomic E-state index is 5.56. The van der Waals surface area contributed by atoms with Crippen LogP contribution >= 0.6 is 0 Å². The highest BCUT2D eigenvalue weighted by Gasteiger charge is 2.22. The summed E-state index contributed by atoms with van der Waals surface area (Å²) in [5.74, 6) is 0.857. The molecule has 0 spiro atoms. The fraction of sp³-hybridized carbons (Fsp3) is 0.333. The molecule has 116 valence electrons. The van der Waals surface area contributed by atoms with Crippen molar-refractivity contribution >= 4 is 0 Å². The van der Waals surface area contributed by atoms with Crippen LogP contribution in [0.15, 0.2) is 48.5 Å². The predicted octanol–water partition coefficient (Wildman–Crippen LogP) is 3.25. The minimum atomic E-state index is 0.00493. The molecule has 0 saturated carbocycles. The standard InChI is InChI=1S/C18H20O4/c1-19-10-11-20-17-8-6-16(7-9-17)15-4-2-14(3-5-15)12-21-18-13-22-18/h2-9,18H,10-13H2,1H3. The lowest BCUT2D eigenvalue weighted by Crippen LogP contribution is -2.03. The van der Waals surface area contributed by atoms with Crippen LogP contribution in [-0.2, 0) is 20.8 Å². The first-order chi connectivity index (χ1) is 10.8. The van der Waals surface area contributed by atoms with Gasteiger partial charge in [0.15, 0.2) is 6.29 Å². The Bertz CT molecular complexity index is 573. The van der Waals surface area contributed by atoms with Gasteiger partial charge in [0.05, 0.1) is 13.2 Å². The molecule has 0 bridgehead atoms. The topological polar surface area (TPSA) is 40.2 Å². The summed E-state index contributed by atoms with van der Waals surface area (Å²) in [5, 5.41) is 0. The number of ether oxygens (including phenoxy) is 4. The van der Waals surface area contributed by atoms with E-state index < -0.39 is 0 Å². The first kappa shape index (κ1) is 15.0. The van der Waals surface area contributed by atoms with E-state index >= 15 is 0 Å². The van der Waals surface area contributed by atoms with Crippen LogP contribution in [0.4, 0.5) is 0 Å². The van der Waals surface area contributed by atoms with E-state index in [1.165, 1.54) is 5.56 Å². The highest BCUT2D eigenvalue weighted by molar-refractivity contribution is 5.64. The molecule has 1 aliphatic rings. The molecule has 0 aromatic heterocycles. The Balaban J connectivity index is 1.57. The first-order valence-corrected chi connectivity index (χ1v) is 7.39. The van der Waals surface area contributed by atoms with Crippen LogP contribution in [0.2, 0.25) is 0 Å². The minimum Gasteiger partial charge on any atom is -0.491 e. The van der Waals surface area contributed by atoms with Gasteiger partial charge in [0.2, 0.25) is 0 Å². The molecule has 1 atom stereocenters. The van der Waals surface area contributed by atoms with E-state index in [4.69, 9.17) is 18.9 Å². The lowest BCUT2D eigenvalue weighted by Gasteiger charge is -2.08. The number of methoxy groups -OCH3 is 1. The molecular weight excluding hydrogens is 280 g/mol. The lowest BCUT2D eigenvalue weighted by atomic mass is 10.0. The zero-order valence-corrected chi connectivity index (χ0v) is 12.7. The van der Waals surface area contributed by atoms with Gasteiger partial charge in [0.1, 0.15) is 19.0 Å². The molecular formula is C18H20O4. The molecule has 2 aromatic rings. The second kappa shape index (κ2) is 7.40. The van der Waals surface area contributed by atoms with Gasteiger partial charge >= 0.3 is 0 Å². The van der Waals surface area contributed by atoms with Gasteiger partial charge in [0.25, 0.3) is 0 Å². The van der Waals surface area contributed by atoms with E-state index in [0.29, 0.717) is 19.8 Å². The van der Waals surface area contributed by atoms with E-state index in [2.05, 4.69) is 36.4 Å². The quantitative estimate of drug-likeness (QED) is 0.554. The van der Waals surface area contributed by atoms with Crippen LogP contribution in [0, 0.1) is 0 Å². The summed E-state index contributed by atoms with van der Waals surface area (Å²) in [6, 6.07) is 16.5. The third-order valence-corrected chi connectivity index (χ3v) is 3.44. The summed E-state index contributed by atoms with van der Waals surface area (Å²) >= 11 is 0. The Morgan fingerprint density at radius 3 is 2.18 bits per heavy atom. The molecule has 1 saturated heterocycles. The Labute approximate surface area is 130 Å².